The Morgan fingerprint density at radius 1 is 1.07 bits per heavy atom. The van der Waals surface area contributed by atoms with Crippen molar-refractivity contribution < 1.29 is 18.3 Å². The van der Waals surface area contributed by atoms with Crippen LogP contribution >= 0.6 is 0 Å². The monoisotopic (exact) mass is 362 g/mol. The van der Waals surface area contributed by atoms with Gasteiger partial charge in [-0.1, -0.05) is 0 Å². The fourth-order valence-electron chi connectivity index (χ4n) is 2.79. The van der Waals surface area contributed by atoms with E-state index in [1.807, 2.05) is 12.1 Å². The van der Waals surface area contributed by atoms with E-state index in [9.17, 15) is 9.18 Å². The zero-order chi connectivity index (χ0) is 18.8. The molecule has 1 aromatic heterocycles. The lowest BCUT2D eigenvalue weighted by Crippen LogP contribution is -2.32. The third-order valence-electron chi connectivity index (χ3n) is 4.12. The molecule has 2 heterocycles. The van der Waals surface area contributed by atoms with Gasteiger partial charge in [0.1, 0.15) is 28.9 Å². The van der Waals surface area contributed by atoms with Crippen LogP contribution in [0.5, 0.6) is 5.75 Å². The molecule has 27 heavy (non-hydrogen) atoms. The second-order valence-corrected chi connectivity index (χ2v) is 5.83. The maximum absolute atomic E-state index is 13.3. The van der Waals surface area contributed by atoms with E-state index in [1.54, 1.807) is 49.6 Å². The van der Waals surface area contributed by atoms with Crippen molar-refractivity contribution in [3.05, 3.63) is 89.8 Å². The van der Waals surface area contributed by atoms with Gasteiger partial charge in [0.25, 0.3) is 5.91 Å². The van der Waals surface area contributed by atoms with E-state index >= 15 is 0 Å². The van der Waals surface area contributed by atoms with Crippen LogP contribution in [0.4, 0.5) is 10.1 Å². The number of amides is 1. The normalized spacial score (nSPS) is 15.3. The number of rotatable bonds is 4. The molecule has 134 valence electrons. The highest BCUT2D eigenvalue weighted by atomic mass is 19.1. The number of halogens is 1. The summed E-state index contributed by atoms with van der Waals surface area (Å²) in [5.74, 6) is 0.982. The Bertz CT molecular complexity index is 1020. The molecule has 0 aliphatic carbocycles. The van der Waals surface area contributed by atoms with Crippen molar-refractivity contribution in [1.29, 1.82) is 0 Å². The number of furan rings is 1. The summed E-state index contributed by atoms with van der Waals surface area (Å²) in [4.78, 5) is 19.0. The summed E-state index contributed by atoms with van der Waals surface area (Å²) >= 11 is 0. The molecule has 0 unspecified atom stereocenters. The molecule has 1 aliphatic heterocycles. The number of aliphatic imine (C=N–C) groups is 1. The van der Waals surface area contributed by atoms with Crippen LogP contribution in [0.15, 0.2) is 82.0 Å². The molecule has 2 aromatic carbocycles. The number of hydrogen-bond acceptors (Lipinski definition) is 4. The van der Waals surface area contributed by atoms with E-state index in [1.165, 1.54) is 23.3 Å². The molecule has 0 saturated heterocycles. The number of ether oxygens (including phenoxy) is 1. The van der Waals surface area contributed by atoms with Gasteiger partial charge in [-0.3, -0.25) is 9.69 Å². The predicted molar refractivity (Wildman–Crippen MR) is 100 cm³/mol. The summed E-state index contributed by atoms with van der Waals surface area (Å²) in [5.41, 5.74) is 1.50. The Morgan fingerprint density at radius 2 is 1.81 bits per heavy atom. The first kappa shape index (κ1) is 16.8. The van der Waals surface area contributed by atoms with Gasteiger partial charge in [0.05, 0.1) is 19.1 Å². The number of hydrogen-bond donors (Lipinski definition) is 0. The minimum absolute atomic E-state index is 0.236. The van der Waals surface area contributed by atoms with E-state index < -0.39 is 0 Å². The van der Waals surface area contributed by atoms with Crippen molar-refractivity contribution in [2.45, 2.75) is 0 Å². The molecule has 5 nitrogen and oxygen atoms in total. The molecule has 6 heteroatoms. The molecular formula is C21H15FN2O3. The smallest absolute Gasteiger partial charge is 0.282 e. The van der Waals surface area contributed by atoms with Crippen molar-refractivity contribution in [2.75, 3.05) is 12.0 Å². The van der Waals surface area contributed by atoms with Gasteiger partial charge in [-0.25, -0.2) is 9.38 Å². The van der Waals surface area contributed by atoms with Crippen LogP contribution in [-0.4, -0.2) is 18.9 Å². The first-order valence-corrected chi connectivity index (χ1v) is 8.24. The molecule has 0 bridgehead atoms. The van der Waals surface area contributed by atoms with E-state index in [0.29, 0.717) is 23.0 Å². The number of carbonyl (C=O) groups is 1. The van der Waals surface area contributed by atoms with Crippen molar-refractivity contribution >= 4 is 23.5 Å². The SMILES string of the molecule is COc1ccc(C2=N/C(=C/c3ccco3)C(=O)N2c2ccc(F)cc2)cc1. The van der Waals surface area contributed by atoms with Crippen LogP contribution < -0.4 is 9.64 Å². The summed E-state index contributed by atoms with van der Waals surface area (Å²) in [7, 11) is 1.58. The Morgan fingerprint density at radius 3 is 2.44 bits per heavy atom. The van der Waals surface area contributed by atoms with E-state index in [0.717, 1.165) is 5.56 Å². The van der Waals surface area contributed by atoms with Crippen LogP contribution in [0, 0.1) is 5.82 Å². The van der Waals surface area contributed by atoms with Crippen molar-refractivity contribution in [2.24, 2.45) is 4.99 Å². The number of benzene rings is 2. The predicted octanol–water partition coefficient (Wildman–Crippen LogP) is 4.26. The molecule has 0 fully saturated rings. The van der Waals surface area contributed by atoms with Gasteiger partial charge in [0.15, 0.2) is 0 Å². The van der Waals surface area contributed by atoms with Crippen LogP contribution in [0.2, 0.25) is 0 Å². The maximum Gasteiger partial charge on any atom is 0.282 e. The summed E-state index contributed by atoms with van der Waals surface area (Å²) < 4.78 is 23.8. The van der Waals surface area contributed by atoms with Crippen LogP contribution in [0.3, 0.4) is 0 Å². The largest absolute Gasteiger partial charge is 0.497 e. The number of anilines is 1. The number of amidine groups is 1. The van der Waals surface area contributed by atoms with E-state index in [-0.39, 0.29) is 17.4 Å². The molecule has 1 aliphatic rings. The van der Waals surface area contributed by atoms with E-state index in [4.69, 9.17) is 9.15 Å². The van der Waals surface area contributed by atoms with Gasteiger partial charge in [-0.15, -0.1) is 0 Å². The molecule has 0 spiro atoms. The van der Waals surface area contributed by atoms with E-state index in [2.05, 4.69) is 4.99 Å². The van der Waals surface area contributed by atoms with Crippen LogP contribution in [0.1, 0.15) is 11.3 Å². The molecule has 0 radical (unpaired) electrons. The molecule has 0 atom stereocenters. The highest BCUT2D eigenvalue weighted by Crippen LogP contribution is 2.28. The molecular weight excluding hydrogens is 347 g/mol. The number of methoxy groups -OCH3 is 1. The first-order valence-electron chi connectivity index (χ1n) is 8.24. The Kier molecular flexibility index (Phi) is 4.30. The van der Waals surface area contributed by atoms with Crippen molar-refractivity contribution in [3.63, 3.8) is 0 Å². The topological polar surface area (TPSA) is 55.0 Å². The molecule has 0 N–H and O–H groups in total. The quantitative estimate of drug-likeness (QED) is 0.652. The van der Waals surface area contributed by atoms with Crippen molar-refractivity contribution in [3.8, 4) is 5.75 Å². The zero-order valence-corrected chi connectivity index (χ0v) is 14.4. The minimum atomic E-state index is -0.375. The highest BCUT2D eigenvalue weighted by Gasteiger charge is 2.32. The van der Waals surface area contributed by atoms with Gasteiger partial charge >= 0.3 is 0 Å². The van der Waals surface area contributed by atoms with Gasteiger partial charge in [-0.05, 0) is 60.7 Å². The fraction of sp³-hybridized carbons (Fsp3) is 0.0476. The zero-order valence-electron chi connectivity index (χ0n) is 14.4. The molecule has 3 aromatic rings. The second-order valence-electron chi connectivity index (χ2n) is 5.83. The van der Waals surface area contributed by atoms with Gasteiger partial charge < -0.3 is 9.15 Å². The molecule has 0 saturated carbocycles. The summed E-state index contributed by atoms with van der Waals surface area (Å²) in [6.45, 7) is 0. The third kappa shape index (κ3) is 3.25. The van der Waals surface area contributed by atoms with Crippen LogP contribution in [0.25, 0.3) is 6.08 Å². The van der Waals surface area contributed by atoms with Crippen molar-refractivity contribution in [1.82, 2.24) is 0 Å². The van der Waals surface area contributed by atoms with Crippen LogP contribution in [-0.2, 0) is 4.79 Å². The average Bonchev–Trinajstić information content (AvgIpc) is 3.32. The Labute approximate surface area is 155 Å². The number of carbonyl (C=O) groups excluding carboxylic acids is 1. The lowest BCUT2D eigenvalue weighted by Gasteiger charge is -2.18. The fourth-order valence-corrected chi connectivity index (χ4v) is 2.79. The van der Waals surface area contributed by atoms with Gasteiger partial charge in [0.2, 0.25) is 0 Å². The van der Waals surface area contributed by atoms with Gasteiger partial charge in [0, 0.05) is 11.6 Å². The lowest BCUT2D eigenvalue weighted by atomic mass is 10.1. The highest BCUT2D eigenvalue weighted by molar-refractivity contribution is 6.33. The second kappa shape index (κ2) is 6.92. The summed E-state index contributed by atoms with van der Waals surface area (Å²) in [5, 5.41) is 0. The third-order valence-corrected chi connectivity index (χ3v) is 4.12. The molecule has 1 amide bonds. The average molecular weight is 362 g/mol. The Hall–Kier alpha value is -3.67. The summed E-state index contributed by atoms with van der Waals surface area (Å²) in [6.07, 6.45) is 3.10. The standard InChI is InChI=1S/C21H15FN2O3/c1-26-17-10-4-14(5-11-17)20-23-19(13-18-3-2-12-27-18)21(25)24(20)16-8-6-15(22)7-9-16/h2-13H,1H3/b19-13+. The molecule has 4 rings (SSSR count). The maximum atomic E-state index is 13.3. The first-order chi connectivity index (χ1) is 13.2. The number of nitrogens with zero attached hydrogens (tertiary/aromatic N) is 2. The minimum Gasteiger partial charge on any atom is -0.497 e. The Balaban J connectivity index is 1.80. The lowest BCUT2D eigenvalue weighted by molar-refractivity contribution is -0.113. The van der Waals surface area contributed by atoms with Gasteiger partial charge in [-0.2, -0.15) is 0 Å². The summed E-state index contributed by atoms with van der Waals surface area (Å²) in [6, 6.07) is 16.4.